The van der Waals surface area contributed by atoms with E-state index in [2.05, 4.69) is 10.6 Å². The second-order valence-electron chi connectivity index (χ2n) is 6.29. The first-order chi connectivity index (χ1) is 14.9. The molecule has 0 bridgehead atoms. The van der Waals surface area contributed by atoms with Gasteiger partial charge in [-0.25, -0.2) is 4.39 Å². The monoisotopic (exact) mass is 462 g/mol. The summed E-state index contributed by atoms with van der Waals surface area (Å²) in [7, 11) is 1.41. The smallest absolute Gasteiger partial charge is 0.262 e. The molecule has 0 heterocycles. The van der Waals surface area contributed by atoms with E-state index in [0.717, 1.165) is 0 Å². The first kappa shape index (κ1) is 22.4. The van der Waals surface area contributed by atoms with E-state index in [1.54, 1.807) is 12.1 Å². The largest absolute Gasteiger partial charge is 0.493 e. The summed E-state index contributed by atoms with van der Waals surface area (Å²) in [5, 5.41) is 6.04. The van der Waals surface area contributed by atoms with E-state index >= 15 is 0 Å². The van der Waals surface area contributed by atoms with E-state index < -0.39 is 17.6 Å². The normalized spacial score (nSPS) is 10.3. The molecule has 2 amide bonds. The van der Waals surface area contributed by atoms with Crippen LogP contribution in [-0.2, 0) is 4.79 Å². The van der Waals surface area contributed by atoms with Crippen molar-refractivity contribution in [1.82, 2.24) is 0 Å². The molecule has 0 aliphatic carbocycles. The average Bonchev–Trinajstić information content (AvgIpc) is 2.76. The van der Waals surface area contributed by atoms with Crippen LogP contribution in [0.1, 0.15) is 10.4 Å². The lowest BCUT2D eigenvalue weighted by Crippen LogP contribution is -2.20. The molecule has 31 heavy (non-hydrogen) atoms. The Bertz CT molecular complexity index is 1110. The average molecular weight is 463 g/mol. The van der Waals surface area contributed by atoms with E-state index in [-0.39, 0.29) is 23.7 Å². The van der Waals surface area contributed by atoms with Crippen LogP contribution in [0.2, 0.25) is 10.0 Å². The predicted octanol–water partition coefficient (Wildman–Crippen LogP) is 5.41. The SMILES string of the molecule is COc1cc(C(=O)Nc2cc(Cl)ccc2Cl)ccc1OCC(=O)Nc1ccc(F)cc1. The van der Waals surface area contributed by atoms with Gasteiger partial charge in [0.15, 0.2) is 18.1 Å². The Morgan fingerprint density at radius 2 is 1.68 bits per heavy atom. The Morgan fingerprint density at radius 1 is 0.935 bits per heavy atom. The van der Waals surface area contributed by atoms with Gasteiger partial charge in [-0.3, -0.25) is 9.59 Å². The Kier molecular flexibility index (Phi) is 7.33. The summed E-state index contributed by atoms with van der Waals surface area (Å²) in [4.78, 5) is 24.6. The number of halogens is 3. The summed E-state index contributed by atoms with van der Waals surface area (Å²) < 4.78 is 23.7. The lowest BCUT2D eigenvalue weighted by molar-refractivity contribution is -0.118. The van der Waals surface area contributed by atoms with Crippen LogP contribution in [0.25, 0.3) is 0 Å². The Morgan fingerprint density at radius 3 is 2.39 bits per heavy atom. The molecule has 3 aromatic rings. The molecule has 6 nitrogen and oxygen atoms in total. The Hall–Kier alpha value is -3.29. The number of hydrogen-bond donors (Lipinski definition) is 2. The van der Waals surface area contributed by atoms with Crippen LogP contribution in [0, 0.1) is 5.82 Å². The summed E-state index contributed by atoms with van der Waals surface area (Å²) in [6, 6.07) is 14.6. The quantitative estimate of drug-likeness (QED) is 0.491. The zero-order valence-corrected chi connectivity index (χ0v) is 17.8. The van der Waals surface area contributed by atoms with Crippen LogP contribution >= 0.6 is 23.2 Å². The second kappa shape index (κ2) is 10.1. The van der Waals surface area contributed by atoms with Crippen LogP contribution < -0.4 is 20.1 Å². The fraction of sp³-hybridized carbons (Fsp3) is 0.0909. The van der Waals surface area contributed by atoms with Crippen molar-refractivity contribution >= 4 is 46.4 Å². The summed E-state index contributed by atoms with van der Waals surface area (Å²) in [5.41, 5.74) is 1.10. The van der Waals surface area contributed by atoms with E-state index in [9.17, 15) is 14.0 Å². The summed E-state index contributed by atoms with van der Waals surface area (Å²) in [6.07, 6.45) is 0. The number of carbonyl (C=O) groups excluding carboxylic acids is 2. The lowest BCUT2D eigenvalue weighted by Gasteiger charge is -2.13. The maximum atomic E-state index is 12.9. The van der Waals surface area contributed by atoms with Crippen molar-refractivity contribution in [3.05, 3.63) is 82.1 Å². The number of carbonyl (C=O) groups is 2. The van der Waals surface area contributed by atoms with E-state index in [4.69, 9.17) is 32.7 Å². The molecule has 2 N–H and O–H groups in total. The van der Waals surface area contributed by atoms with Crippen molar-refractivity contribution in [2.24, 2.45) is 0 Å². The number of amides is 2. The highest BCUT2D eigenvalue weighted by Gasteiger charge is 2.14. The van der Waals surface area contributed by atoms with Crippen molar-refractivity contribution in [1.29, 1.82) is 0 Å². The zero-order chi connectivity index (χ0) is 22.4. The highest BCUT2D eigenvalue weighted by molar-refractivity contribution is 6.35. The van der Waals surface area contributed by atoms with Gasteiger partial charge in [-0.15, -0.1) is 0 Å². The fourth-order valence-electron chi connectivity index (χ4n) is 2.59. The molecule has 3 rings (SSSR count). The summed E-state index contributed by atoms with van der Waals surface area (Å²) in [6.45, 7) is -0.308. The van der Waals surface area contributed by atoms with E-state index in [0.29, 0.717) is 21.4 Å². The molecule has 3 aromatic carbocycles. The van der Waals surface area contributed by atoms with Crippen molar-refractivity contribution < 1.29 is 23.5 Å². The molecule has 0 spiro atoms. The molecular weight excluding hydrogens is 446 g/mol. The van der Waals surface area contributed by atoms with Gasteiger partial charge in [-0.05, 0) is 60.7 Å². The molecule has 0 saturated heterocycles. The van der Waals surface area contributed by atoms with Gasteiger partial charge in [0.05, 0.1) is 17.8 Å². The number of anilines is 2. The molecule has 0 aromatic heterocycles. The molecule has 0 aliphatic heterocycles. The van der Waals surface area contributed by atoms with E-state index in [1.807, 2.05) is 0 Å². The minimum atomic E-state index is -0.439. The number of rotatable bonds is 7. The maximum Gasteiger partial charge on any atom is 0.262 e. The highest BCUT2D eigenvalue weighted by atomic mass is 35.5. The topological polar surface area (TPSA) is 76.7 Å². The summed E-state index contributed by atoms with van der Waals surface area (Å²) in [5.74, 6) is -0.733. The van der Waals surface area contributed by atoms with Gasteiger partial charge >= 0.3 is 0 Å². The second-order valence-corrected chi connectivity index (χ2v) is 7.13. The van der Waals surface area contributed by atoms with Crippen molar-refractivity contribution in [2.45, 2.75) is 0 Å². The van der Waals surface area contributed by atoms with Crippen LogP contribution in [0.3, 0.4) is 0 Å². The van der Waals surface area contributed by atoms with Crippen LogP contribution in [-0.4, -0.2) is 25.5 Å². The number of hydrogen-bond acceptors (Lipinski definition) is 4. The maximum absolute atomic E-state index is 12.9. The summed E-state index contributed by atoms with van der Waals surface area (Å²) >= 11 is 12.0. The molecule has 0 saturated carbocycles. The number of methoxy groups -OCH3 is 1. The van der Waals surface area contributed by atoms with Crippen molar-refractivity contribution in [3.8, 4) is 11.5 Å². The molecule has 9 heteroatoms. The van der Waals surface area contributed by atoms with Gasteiger partial charge in [0, 0.05) is 16.3 Å². The molecule has 160 valence electrons. The van der Waals surface area contributed by atoms with Crippen LogP contribution in [0.4, 0.5) is 15.8 Å². The molecular formula is C22H17Cl2FN2O4. The predicted molar refractivity (Wildman–Crippen MR) is 118 cm³/mol. The number of nitrogens with one attached hydrogen (secondary N) is 2. The molecule has 0 radical (unpaired) electrons. The van der Waals surface area contributed by atoms with E-state index in [1.165, 1.54) is 55.6 Å². The minimum absolute atomic E-state index is 0.263. The lowest BCUT2D eigenvalue weighted by atomic mass is 10.2. The Balaban J connectivity index is 1.65. The van der Waals surface area contributed by atoms with Gasteiger partial charge in [0.1, 0.15) is 5.82 Å². The third-order valence-electron chi connectivity index (χ3n) is 4.09. The molecule has 0 fully saturated rings. The van der Waals surface area contributed by atoms with Crippen molar-refractivity contribution in [2.75, 3.05) is 24.4 Å². The van der Waals surface area contributed by atoms with Gasteiger partial charge in [0.25, 0.3) is 11.8 Å². The fourth-order valence-corrected chi connectivity index (χ4v) is 2.93. The van der Waals surface area contributed by atoms with Gasteiger partial charge < -0.3 is 20.1 Å². The third-order valence-corrected chi connectivity index (χ3v) is 4.65. The number of ether oxygens (including phenoxy) is 2. The highest BCUT2D eigenvalue weighted by Crippen LogP contribution is 2.30. The minimum Gasteiger partial charge on any atom is -0.493 e. The first-order valence-corrected chi connectivity index (χ1v) is 9.74. The molecule has 0 unspecified atom stereocenters. The first-order valence-electron chi connectivity index (χ1n) is 8.98. The van der Waals surface area contributed by atoms with Crippen LogP contribution in [0.5, 0.6) is 11.5 Å². The third kappa shape index (κ3) is 6.10. The van der Waals surface area contributed by atoms with Gasteiger partial charge in [0.2, 0.25) is 0 Å². The Labute approximate surface area is 187 Å². The zero-order valence-electron chi connectivity index (χ0n) is 16.2. The molecule has 0 atom stereocenters. The van der Waals surface area contributed by atoms with Gasteiger partial charge in [-0.1, -0.05) is 23.2 Å². The molecule has 0 aliphatic rings. The number of benzene rings is 3. The van der Waals surface area contributed by atoms with Crippen molar-refractivity contribution in [3.63, 3.8) is 0 Å². The van der Waals surface area contributed by atoms with Gasteiger partial charge in [-0.2, -0.15) is 0 Å². The standard InChI is InChI=1S/C22H17Cl2FN2O4/c1-30-20-10-13(22(29)27-18-11-14(23)3-8-17(18)24)2-9-19(20)31-12-21(28)26-16-6-4-15(25)5-7-16/h2-11H,12H2,1H3,(H,26,28)(H,27,29). The van der Waals surface area contributed by atoms with Crippen LogP contribution in [0.15, 0.2) is 60.7 Å².